The van der Waals surface area contributed by atoms with Crippen molar-refractivity contribution in [2.75, 3.05) is 0 Å². The lowest BCUT2D eigenvalue weighted by atomic mass is 10.0. The number of carbonyl (C=O) groups excluding carboxylic acids is 1. The molecule has 0 bridgehead atoms. The van der Waals surface area contributed by atoms with Crippen LogP contribution in [0.2, 0.25) is 0 Å². The number of rotatable bonds is 4. The third-order valence-electron chi connectivity index (χ3n) is 4.41. The van der Waals surface area contributed by atoms with Gasteiger partial charge in [0.15, 0.2) is 0 Å². The molecule has 1 aromatic carbocycles. The van der Waals surface area contributed by atoms with Gasteiger partial charge >= 0.3 is 5.97 Å². The van der Waals surface area contributed by atoms with Gasteiger partial charge in [-0.25, -0.2) is 14.8 Å². The van der Waals surface area contributed by atoms with Gasteiger partial charge in [0.2, 0.25) is 0 Å². The number of fused-ring (bicyclic) bond motifs is 1. The first kappa shape index (κ1) is 16.5. The monoisotopic (exact) mass is 368 g/mol. The fourth-order valence-corrected chi connectivity index (χ4v) is 3.88. The third kappa shape index (κ3) is 3.11. The fourth-order valence-electron chi connectivity index (χ4n) is 3.08. The van der Waals surface area contributed by atoms with Crippen LogP contribution in [0.1, 0.15) is 32.4 Å². The summed E-state index contributed by atoms with van der Waals surface area (Å²) >= 11 is 1.41. The van der Waals surface area contributed by atoms with Gasteiger partial charge in [-0.1, -0.05) is 30.3 Å². The Balaban J connectivity index is 1.56. The van der Waals surface area contributed by atoms with Crippen LogP contribution in [0.3, 0.4) is 0 Å². The Morgan fingerprint density at radius 3 is 2.88 bits per heavy atom. The molecule has 1 atom stereocenters. The zero-order chi connectivity index (χ0) is 18.1. The molecule has 4 rings (SSSR count). The first-order valence-electron chi connectivity index (χ1n) is 8.15. The Hall–Kier alpha value is -3.00. The minimum Gasteiger partial charge on any atom is -0.480 e. The predicted octanol–water partition coefficient (Wildman–Crippen LogP) is 2.11. The van der Waals surface area contributed by atoms with Crippen LogP contribution in [-0.4, -0.2) is 42.9 Å². The van der Waals surface area contributed by atoms with Crippen molar-refractivity contribution in [3.63, 3.8) is 0 Å². The second-order valence-corrected chi connectivity index (χ2v) is 7.05. The summed E-state index contributed by atoms with van der Waals surface area (Å²) in [7, 11) is 0. The SMILES string of the molecule is O=C(O)C1Cc2nc[nH]c2CN1C(=O)c1csc(Cc2ccccc2)n1. The molecule has 2 aromatic heterocycles. The molecule has 3 aromatic rings. The maximum atomic E-state index is 12.9. The number of carboxylic acid groups (broad SMARTS) is 1. The van der Waals surface area contributed by atoms with Gasteiger partial charge in [0, 0.05) is 18.2 Å². The molecule has 0 fully saturated rings. The summed E-state index contributed by atoms with van der Waals surface area (Å²) < 4.78 is 0. The Morgan fingerprint density at radius 2 is 2.12 bits per heavy atom. The number of carbonyl (C=O) groups is 2. The van der Waals surface area contributed by atoms with Crippen molar-refractivity contribution in [1.82, 2.24) is 19.9 Å². The van der Waals surface area contributed by atoms with Crippen molar-refractivity contribution in [1.29, 1.82) is 0 Å². The van der Waals surface area contributed by atoms with Gasteiger partial charge in [0.05, 0.1) is 29.3 Å². The maximum Gasteiger partial charge on any atom is 0.326 e. The molecule has 1 aliphatic heterocycles. The van der Waals surface area contributed by atoms with E-state index in [9.17, 15) is 14.7 Å². The molecule has 8 heteroatoms. The first-order valence-corrected chi connectivity index (χ1v) is 9.03. The van der Waals surface area contributed by atoms with E-state index in [2.05, 4.69) is 15.0 Å². The van der Waals surface area contributed by atoms with E-state index in [1.165, 1.54) is 22.6 Å². The summed E-state index contributed by atoms with van der Waals surface area (Å²) in [5.74, 6) is -1.40. The number of nitrogens with zero attached hydrogens (tertiary/aromatic N) is 3. The number of hydrogen-bond acceptors (Lipinski definition) is 5. The summed E-state index contributed by atoms with van der Waals surface area (Å²) in [5.41, 5.74) is 2.87. The van der Waals surface area contributed by atoms with Gasteiger partial charge in [0.1, 0.15) is 11.7 Å². The van der Waals surface area contributed by atoms with Crippen LogP contribution in [-0.2, 0) is 24.2 Å². The molecule has 2 N–H and O–H groups in total. The van der Waals surface area contributed by atoms with E-state index >= 15 is 0 Å². The number of thiazole rings is 1. The molecular formula is C18H16N4O3S. The van der Waals surface area contributed by atoms with Crippen LogP contribution >= 0.6 is 11.3 Å². The number of nitrogens with one attached hydrogen (secondary N) is 1. The molecule has 26 heavy (non-hydrogen) atoms. The van der Waals surface area contributed by atoms with Crippen molar-refractivity contribution in [3.8, 4) is 0 Å². The highest BCUT2D eigenvalue weighted by Crippen LogP contribution is 2.24. The normalized spacial score (nSPS) is 16.3. The maximum absolute atomic E-state index is 12.9. The van der Waals surface area contributed by atoms with E-state index in [1.807, 2.05) is 30.3 Å². The molecule has 7 nitrogen and oxygen atoms in total. The number of aromatic amines is 1. The minimum atomic E-state index is -1.04. The predicted molar refractivity (Wildman–Crippen MR) is 95.0 cm³/mol. The molecule has 0 saturated carbocycles. The van der Waals surface area contributed by atoms with Gasteiger partial charge in [-0.05, 0) is 5.56 Å². The first-order chi connectivity index (χ1) is 12.6. The van der Waals surface area contributed by atoms with Crippen LogP contribution in [0, 0.1) is 0 Å². The molecule has 0 radical (unpaired) electrons. The highest BCUT2D eigenvalue weighted by molar-refractivity contribution is 7.09. The van der Waals surface area contributed by atoms with Gasteiger partial charge < -0.3 is 15.0 Å². The fraction of sp³-hybridized carbons (Fsp3) is 0.222. The number of carboxylic acids is 1. The topological polar surface area (TPSA) is 99.2 Å². The Labute approximate surface area is 153 Å². The van der Waals surface area contributed by atoms with E-state index in [4.69, 9.17) is 0 Å². The Kier molecular flexibility index (Phi) is 4.26. The van der Waals surface area contributed by atoms with Gasteiger partial charge in [0.25, 0.3) is 5.91 Å². The molecule has 3 heterocycles. The molecule has 1 amide bonds. The zero-order valence-corrected chi connectivity index (χ0v) is 14.6. The lowest BCUT2D eigenvalue weighted by Crippen LogP contribution is -2.48. The van der Waals surface area contributed by atoms with Gasteiger partial charge in [-0.2, -0.15) is 0 Å². The quantitative estimate of drug-likeness (QED) is 0.735. The molecule has 0 aliphatic carbocycles. The molecule has 0 saturated heterocycles. The standard InChI is InChI=1S/C18H16N4O3S/c23-17(14-9-26-16(21-14)6-11-4-2-1-3-5-11)22-8-13-12(19-10-20-13)7-15(22)18(24)25/h1-5,9-10,15H,6-8H2,(H,19,20)(H,24,25). The van der Waals surface area contributed by atoms with Crippen LogP contribution in [0.4, 0.5) is 0 Å². The smallest absolute Gasteiger partial charge is 0.326 e. The largest absolute Gasteiger partial charge is 0.480 e. The molecule has 1 aliphatic rings. The number of amides is 1. The highest BCUT2D eigenvalue weighted by atomic mass is 32.1. The van der Waals surface area contributed by atoms with Crippen molar-refractivity contribution < 1.29 is 14.7 Å². The van der Waals surface area contributed by atoms with E-state index in [1.54, 1.807) is 5.38 Å². The molecular weight excluding hydrogens is 352 g/mol. The minimum absolute atomic E-state index is 0.191. The van der Waals surface area contributed by atoms with E-state index < -0.39 is 12.0 Å². The van der Waals surface area contributed by atoms with Crippen LogP contribution < -0.4 is 0 Å². The van der Waals surface area contributed by atoms with Gasteiger partial charge in [-0.3, -0.25) is 4.79 Å². The molecule has 132 valence electrons. The number of imidazole rings is 1. The molecule has 1 unspecified atom stereocenters. The number of aromatic nitrogens is 3. The lowest BCUT2D eigenvalue weighted by Gasteiger charge is -2.31. The van der Waals surface area contributed by atoms with Crippen molar-refractivity contribution >= 4 is 23.2 Å². The summed E-state index contributed by atoms with van der Waals surface area (Å²) in [6.45, 7) is 0.191. The van der Waals surface area contributed by atoms with Crippen LogP contribution in [0.5, 0.6) is 0 Å². The summed E-state index contributed by atoms with van der Waals surface area (Å²) in [6, 6.07) is 8.95. The number of benzene rings is 1. The van der Waals surface area contributed by atoms with Crippen molar-refractivity contribution in [2.24, 2.45) is 0 Å². The second kappa shape index (κ2) is 6.72. The van der Waals surface area contributed by atoms with E-state index in [0.717, 1.165) is 16.3 Å². The number of hydrogen-bond donors (Lipinski definition) is 2. The summed E-state index contributed by atoms with van der Waals surface area (Å²) in [6.07, 6.45) is 2.37. The van der Waals surface area contributed by atoms with Crippen LogP contribution in [0.15, 0.2) is 42.0 Å². The third-order valence-corrected chi connectivity index (χ3v) is 5.26. The summed E-state index contributed by atoms with van der Waals surface area (Å²) in [5, 5.41) is 12.0. The van der Waals surface area contributed by atoms with Gasteiger partial charge in [-0.15, -0.1) is 11.3 Å². The van der Waals surface area contributed by atoms with Crippen molar-refractivity contribution in [3.05, 3.63) is 69.7 Å². The number of aliphatic carboxylic acids is 1. The van der Waals surface area contributed by atoms with E-state index in [-0.39, 0.29) is 24.6 Å². The highest BCUT2D eigenvalue weighted by Gasteiger charge is 2.37. The number of H-pyrrole nitrogens is 1. The second-order valence-electron chi connectivity index (χ2n) is 6.11. The summed E-state index contributed by atoms with van der Waals surface area (Å²) in [4.78, 5) is 37.4. The average Bonchev–Trinajstić information content (AvgIpc) is 3.29. The van der Waals surface area contributed by atoms with E-state index in [0.29, 0.717) is 12.1 Å². The van der Waals surface area contributed by atoms with Crippen molar-refractivity contribution in [2.45, 2.75) is 25.4 Å². The average molecular weight is 368 g/mol. The Bertz CT molecular complexity index is 950. The zero-order valence-electron chi connectivity index (χ0n) is 13.8. The molecule has 0 spiro atoms. The lowest BCUT2D eigenvalue weighted by molar-refractivity contribution is -0.142. The Morgan fingerprint density at radius 1 is 1.31 bits per heavy atom. The van der Waals surface area contributed by atoms with Crippen LogP contribution in [0.25, 0.3) is 0 Å².